The number of carbonyl (C=O) groups excluding carboxylic acids is 2. The lowest BCUT2D eigenvalue weighted by atomic mass is 9.98. The van der Waals surface area contributed by atoms with E-state index in [0.717, 1.165) is 19.4 Å². The molecule has 0 aliphatic carbocycles. The second-order valence-electron chi connectivity index (χ2n) is 6.37. The van der Waals surface area contributed by atoms with Crippen molar-refractivity contribution in [1.82, 2.24) is 10.2 Å². The molecule has 1 rings (SSSR count). The highest BCUT2D eigenvalue weighted by Crippen LogP contribution is 2.18. The summed E-state index contributed by atoms with van der Waals surface area (Å²) < 4.78 is 10.3. The quantitative estimate of drug-likeness (QED) is 0.784. The van der Waals surface area contributed by atoms with Crippen LogP contribution in [0.25, 0.3) is 0 Å². The van der Waals surface area contributed by atoms with E-state index in [1.54, 1.807) is 11.8 Å². The Balaban J connectivity index is 2.32. The van der Waals surface area contributed by atoms with E-state index in [0.29, 0.717) is 25.6 Å². The summed E-state index contributed by atoms with van der Waals surface area (Å²) >= 11 is 0. The molecule has 1 atom stereocenters. The van der Waals surface area contributed by atoms with Crippen LogP contribution in [0.1, 0.15) is 40.5 Å². The maximum Gasteiger partial charge on any atom is 0.410 e. The molecule has 1 aliphatic heterocycles. The van der Waals surface area contributed by atoms with Gasteiger partial charge in [-0.15, -0.1) is 0 Å². The van der Waals surface area contributed by atoms with Crippen molar-refractivity contribution in [2.45, 2.75) is 46.1 Å². The van der Waals surface area contributed by atoms with E-state index in [9.17, 15) is 9.59 Å². The fraction of sp³-hybridized carbons (Fsp3) is 0.867. The molecule has 0 aromatic carbocycles. The average Bonchev–Trinajstić information content (AvgIpc) is 2.37. The van der Waals surface area contributed by atoms with Gasteiger partial charge in [0.25, 0.3) is 0 Å². The number of amides is 1. The Labute approximate surface area is 127 Å². The van der Waals surface area contributed by atoms with Crippen molar-refractivity contribution in [3.05, 3.63) is 0 Å². The highest BCUT2D eigenvalue weighted by Gasteiger charge is 2.27. The summed E-state index contributed by atoms with van der Waals surface area (Å²) in [6.45, 7) is 10.1. The summed E-state index contributed by atoms with van der Waals surface area (Å²) in [5.74, 6) is 0.109. The number of nitrogens with one attached hydrogen (secondary N) is 1. The van der Waals surface area contributed by atoms with Crippen LogP contribution in [0, 0.1) is 5.92 Å². The molecular formula is C15H28N2O4. The van der Waals surface area contributed by atoms with E-state index in [2.05, 4.69) is 5.32 Å². The molecule has 21 heavy (non-hydrogen) atoms. The Morgan fingerprint density at radius 1 is 1.33 bits per heavy atom. The van der Waals surface area contributed by atoms with Crippen molar-refractivity contribution in [1.29, 1.82) is 0 Å². The summed E-state index contributed by atoms with van der Waals surface area (Å²) in [7, 11) is 0. The summed E-state index contributed by atoms with van der Waals surface area (Å²) in [6, 6.07) is 0. The number of esters is 1. The van der Waals surface area contributed by atoms with Crippen molar-refractivity contribution in [3.8, 4) is 0 Å². The third-order valence-corrected chi connectivity index (χ3v) is 3.18. The minimum Gasteiger partial charge on any atom is -0.465 e. The molecule has 0 unspecified atom stereocenters. The molecular weight excluding hydrogens is 272 g/mol. The zero-order chi connectivity index (χ0) is 15.9. The number of ether oxygens (including phenoxy) is 2. The molecule has 1 amide bonds. The molecule has 1 aliphatic rings. The number of likely N-dealkylation sites (tertiary alicyclic amines) is 1. The van der Waals surface area contributed by atoms with Crippen LogP contribution in [-0.2, 0) is 14.3 Å². The van der Waals surface area contributed by atoms with Crippen molar-refractivity contribution in [2.75, 3.05) is 32.8 Å². The molecule has 0 spiro atoms. The number of hydrogen-bond donors (Lipinski definition) is 1. The molecule has 0 bridgehead atoms. The van der Waals surface area contributed by atoms with Crippen molar-refractivity contribution in [2.24, 2.45) is 5.92 Å². The normalized spacial score (nSPS) is 19.2. The van der Waals surface area contributed by atoms with E-state index in [1.807, 2.05) is 20.8 Å². The van der Waals surface area contributed by atoms with Crippen LogP contribution in [0.2, 0.25) is 0 Å². The maximum atomic E-state index is 12.0. The minimum absolute atomic E-state index is 0.219. The largest absolute Gasteiger partial charge is 0.465 e. The Kier molecular flexibility index (Phi) is 6.95. The van der Waals surface area contributed by atoms with Gasteiger partial charge in [-0.05, 0) is 46.5 Å². The number of piperidine rings is 1. The minimum atomic E-state index is -0.466. The molecule has 1 N–H and O–H groups in total. The van der Waals surface area contributed by atoms with Gasteiger partial charge in [-0.3, -0.25) is 4.79 Å². The van der Waals surface area contributed by atoms with Gasteiger partial charge < -0.3 is 19.7 Å². The van der Waals surface area contributed by atoms with Gasteiger partial charge in [-0.2, -0.15) is 0 Å². The van der Waals surface area contributed by atoms with E-state index >= 15 is 0 Å². The highest BCUT2D eigenvalue weighted by molar-refractivity contribution is 5.71. The first-order chi connectivity index (χ1) is 9.81. The summed E-state index contributed by atoms with van der Waals surface area (Å²) in [6.07, 6.45) is 1.76. The van der Waals surface area contributed by atoms with Crippen LogP contribution in [-0.4, -0.2) is 55.3 Å². The third kappa shape index (κ3) is 7.32. The number of nitrogens with zero attached hydrogens (tertiary/aromatic N) is 1. The van der Waals surface area contributed by atoms with Gasteiger partial charge in [0.15, 0.2) is 0 Å². The number of rotatable bonds is 5. The molecule has 0 saturated carbocycles. The van der Waals surface area contributed by atoms with Crippen molar-refractivity contribution < 1.29 is 19.1 Å². The predicted octanol–water partition coefficient (Wildman–Crippen LogP) is 1.79. The Morgan fingerprint density at radius 3 is 2.67 bits per heavy atom. The Hall–Kier alpha value is -1.30. The Morgan fingerprint density at radius 2 is 2.05 bits per heavy atom. The monoisotopic (exact) mass is 300 g/mol. The van der Waals surface area contributed by atoms with Crippen LogP contribution >= 0.6 is 0 Å². The van der Waals surface area contributed by atoms with Crippen LogP contribution in [0.15, 0.2) is 0 Å². The molecule has 0 radical (unpaired) electrons. The van der Waals surface area contributed by atoms with Gasteiger partial charge in [-0.1, -0.05) is 0 Å². The van der Waals surface area contributed by atoms with Crippen LogP contribution in [0.3, 0.4) is 0 Å². The number of hydrogen-bond acceptors (Lipinski definition) is 5. The standard InChI is InChI=1S/C15H28N2O4/c1-5-20-13(18)10-16-9-12-7-6-8-17(11-12)14(19)21-15(2,3)4/h12,16H,5-11H2,1-4H3/t12-/m0/s1. The second kappa shape index (κ2) is 8.22. The molecule has 1 saturated heterocycles. The summed E-state index contributed by atoms with van der Waals surface area (Å²) in [5, 5.41) is 3.09. The molecule has 6 nitrogen and oxygen atoms in total. The van der Waals surface area contributed by atoms with Crippen molar-refractivity contribution >= 4 is 12.1 Å². The smallest absolute Gasteiger partial charge is 0.410 e. The lowest BCUT2D eigenvalue weighted by Gasteiger charge is -2.34. The van der Waals surface area contributed by atoms with Gasteiger partial charge in [-0.25, -0.2) is 4.79 Å². The van der Waals surface area contributed by atoms with E-state index in [4.69, 9.17) is 9.47 Å². The topological polar surface area (TPSA) is 67.9 Å². The molecule has 1 fully saturated rings. The molecule has 0 aromatic rings. The SMILES string of the molecule is CCOC(=O)CNC[C@@H]1CCCN(C(=O)OC(C)(C)C)C1. The average molecular weight is 300 g/mol. The van der Waals surface area contributed by atoms with Gasteiger partial charge in [0.05, 0.1) is 13.2 Å². The molecule has 122 valence electrons. The number of carbonyl (C=O) groups is 2. The highest BCUT2D eigenvalue weighted by atomic mass is 16.6. The zero-order valence-corrected chi connectivity index (χ0v) is 13.6. The first-order valence-corrected chi connectivity index (χ1v) is 7.66. The lowest BCUT2D eigenvalue weighted by Crippen LogP contribution is -2.45. The summed E-state index contributed by atoms with van der Waals surface area (Å²) in [4.78, 5) is 25.0. The second-order valence-corrected chi connectivity index (χ2v) is 6.37. The van der Waals surface area contributed by atoms with Gasteiger partial charge in [0, 0.05) is 19.6 Å². The molecule has 1 heterocycles. The van der Waals surface area contributed by atoms with Crippen molar-refractivity contribution in [3.63, 3.8) is 0 Å². The van der Waals surface area contributed by atoms with Gasteiger partial charge >= 0.3 is 12.1 Å². The lowest BCUT2D eigenvalue weighted by molar-refractivity contribution is -0.142. The summed E-state index contributed by atoms with van der Waals surface area (Å²) in [5.41, 5.74) is -0.466. The van der Waals surface area contributed by atoms with E-state index in [-0.39, 0.29) is 18.6 Å². The third-order valence-electron chi connectivity index (χ3n) is 3.18. The van der Waals surface area contributed by atoms with Gasteiger partial charge in [0.2, 0.25) is 0 Å². The maximum absolute atomic E-state index is 12.0. The van der Waals surface area contributed by atoms with E-state index < -0.39 is 5.60 Å². The van der Waals surface area contributed by atoms with E-state index in [1.165, 1.54) is 0 Å². The predicted molar refractivity (Wildman–Crippen MR) is 80.0 cm³/mol. The van der Waals surface area contributed by atoms with Gasteiger partial charge in [0.1, 0.15) is 5.60 Å². The molecule has 6 heteroatoms. The fourth-order valence-electron chi connectivity index (χ4n) is 2.31. The molecule has 0 aromatic heterocycles. The van der Waals surface area contributed by atoms with Crippen LogP contribution < -0.4 is 5.32 Å². The zero-order valence-electron chi connectivity index (χ0n) is 13.6. The van der Waals surface area contributed by atoms with Crippen LogP contribution in [0.5, 0.6) is 0 Å². The van der Waals surface area contributed by atoms with Crippen LogP contribution in [0.4, 0.5) is 4.79 Å². The first kappa shape index (κ1) is 17.8. The fourth-order valence-corrected chi connectivity index (χ4v) is 2.31. The Bertz CT molecular complexity index is 352. The first-order valence-electron chi connectivity index (χ1n) is 7.66.